The number of carbonyl (C=O) groups excluding carboxylic acids is 1. The van der Waals surface area contributed by atoms with Gasteiger partial charge in [0.2, 0.25) is 5.91 Å². The highest BCUT2D eigenvalue weighted by Gasteiger charge is 2.41. The van der Waals surface area contributed by atoms with Gasteiger partial charge in [-0.1, -0.05) is 12.1 Å². The van der Waals surface area contributed by atoms with E-state index in [4.69, 9.17) is 4.74 Å². The number of likely N-dealkylation sites (N-methyl/N-ethyl adjacent to an activating group) is 1. The number of carbonyl (C=O) groups is 1. The number of nitrogens with zero attached hydrogens (tertiary/aromatic N) is 3. The average molecular weight is 425 g/mol. The van der Waals surface area contributed by atoms with Crippen LogP contribution in [-0.2, 0) is 21.1 Å². The lowest BCUT2D eigenvalue weighted by Crippen LogP contribution is -2.57. The number of hydrogen-bond acceptors (Lipinski definition) is 5. The molecule has 0 atom stereocenters. The van der Waals surface area contributed by atoms with E-state index in [-0.39, 0.29) is 18.2 Å². The second-order valence-corrected chi connectivity index (χ2v) is 10.7. The van der Waals surface area contributed by atoms with Gasteiger partial charge in [0.15, 0.2) is 15.8 Å². The molecule has 1 aliphatic heterocycles. The molecule has 1 aromatic carbocycles. The Hall–Kier alpha value is -2.29. The number of amides is 1. The van der Waals surface area contributed by atoms with Gasteiger partial charge in [0.05, 0.1) is 17.6 Å². The standard InChI is InChI=1S/C20H32N4O4S/c1-20(2)15-24(12-13-29(20,26)27)19(22-14-18(25)23(3)4)21-11-10-16-6-8-17(28-5)9-7-16/h6-9H,10-15H2,1-5H3,(H,21,22). The fraction of sp³-hybridized carbons (Fsp3) is 0.600. The minimum absolute atomic E-state index is 0.0154. The largest absolute Gasteiger partial charge is 0.497 e. The van der Waals surface area contributed by atoms with Gasteiger partial charge in [-0.25, -0.2) is 13.4 Å². The number of nitrogens with one attached hydrogen (secondary N) is 1. The number of aliphatic imine (C=N–C) groups is 1. The molecular formula is C20H32N4O4S. The molecule has 29 heavy (non-hydrogen) atoms. The van der Waals surface area contributed by atoms with Crippen molar-refractivity contribution in [3.05, 3.63) is 29.8 Å². The number of hydrogen-bond donors (Lipinski definition) is 1. The van der Waals surface area contributed by atoms with Gasteiger partial charge in [0, 0.05) is 33.7 Å². The zero-order valence-electron chi connectivity index (χ0n) is 17.9. The molecule has 0 radical (unpaired) electrons. The maximum absolute atomic E-state index is 12.3. The first-order chi connectivity index (χ1) is 13.6. The van der Waals surface area contributed by atoms with Crippen molar-refractivity contribution in [1.29, 1.82) is 0 Å². The first kappa shape index (κ1) is 23.0. The predicted octanol–water partition coefficient (Wildman–Crippen LogP) is 0.781. The van der Waals surface area contributed by atoms with Gasteiger partial charge < -0.3 is 19.9 Å². The van der Waals surface area contributed by atoms with E-state index in [0.717, 1.165) is 17.7 Å². The third-order valence-electron chi connectivity index (χ3n) is 5.06. The van der Waals surface area contributed by atoms with Crippen LogP contribution in [0.1, 0.15) is 19.4 Å². The number of benzene rings is 1. The molecule has 1 N–H and O–H groups in total. The van der Waals surface area contributed by atoms with E-state index in [2.05, 4.69) is 10.3 Å². The van der Waals surface area contributed by atoms with E-state index < -0.39 is 14.6 Å². The molecular weight excluding hydrogens is 392 g/mol. The predicted molar refractivity (Wildman–Crippen MR) is 115 cm³/mol. The Balaban J connectivity index is 2.08. The van der Waals surface area contributed by atoms with Crippen LogP contribution >= 0.6 is 0 Å². The van der Waals surface area contributed by atoms with Crippen LogP contribution in [0.25, 0.3) is 0 Å². The van der Waals surface area contributed by atoms with Gasteiger partial charge in [-0.2, -0.15) is 0 Å². The molecule has 0 aliphatic carbocycles. The molecule has 1 saturated heterocycles. The molecule has 1 amide bonds. The second-order valence-electron chi connectivity index (χ2n) is 7.95. The zero-order valence-corrected chi connectivity index (χ0v) is 18.8. The molecule has 1 aliphatic rings. The van der Waals surface area contributed by atoms with Crippen molar-refractivity contribution in [3.63, 3.8) is 0 Å². The summed E-state index contributed by atoms with van der Waals surface area (Å²) < 4.78 is 28.9. The summed E-state index contributed by atoms with van der Waals surface area (Å²) in [4.78, 5) is 19.9. The van der Waals surface area contributed by atoms with Crippen molar-refractivity contribution in [3.8, 4) is 5.75 Å². The molecule has 0 bridgehead atoms. The summed E-state index contributed by atoms with van der Waals surface area (Å²) in [6.07, 6.45) is 0.764. The van der Waals surface area contributed by atoms with Crippen LogP contribution in [0, 0.1) is 0 Å². The molecule has 8 nitrogen and oxygen atoms in total. The van der Waals surface area contributed by atoms with Crippen molar-refractivity contribution in [1.82, 2.24) is 15.1 Å². The van der Waals surface area contributed by atoms with Gasteiger partial charge in [-0.15, -0.1) is 0 Å². The van der Waals surface area contributed by atoms with Crippen LogP contribution < -0.4 is 10.1 Å². The van der Waals surface area contributed by atoms with Gasteiger partial charge >= 0.3 is 0 Å². The first-order valence-electron chi connectivity index (χ1n) is 9.64. The maximum Gasteiger partial charge on any atom is 0.243 e. The highest BCUT2D eigenvalue weighted by molar-refractivity contribution is 7.92. The number of ether oxygens (including phenoxy) is 1. The van der Waals surface area contributed by atoms with Crippen molar-refractivity contribution >= 4 is 21.7 Å². The SMILES string of the molecule is COc1ccc(CCNC(=NCC(=O)N(C)C)N2CCS(=O)(=O)C(C)(C)C2)cc1. The fourth-order valence-electron chi connectivity index (χ4n) is 2.99. The monoisotopic (exact) mass is 424 g/mol. The van der Waals surface area contributed by atoms with Crippen molar-refractivity contribution < 1.29 is 17.9 Å². The lowest BCUT2D eigenvalue weighted by Gasteiger charge is -2.39. The third kappa shape index (κ3) is 6.09. The van der Waals surface area contributed by atoms with E-state index in [1.807, 2.05) is 29.2 Å². The van der Waals surface area contributed by atoms with Gasteiger partial charge in [0.25, 0.3) is 0 Å². The Morgan fingerprint density at radius 2 is 1.93 bits per heavy atom. The Morgan fingerprint density at radius 3 is 2.48 bits per heavy atom. The van der Waals surface area contributed by atoms with Crippen LogP contribution in [0.5, 0.6) is 5.75 Å². The summed E-state index contributed by atoms with van der Waals surface area (Å²) in [5.74, 6) is 1.34. The topological polar surface area (TPSA) is 91.3 Å². The van der Waals surface area contributed by atoms with E-state index in [0.29, 0.717) is 25.6 Å². The normalized spacial score (nSPS) is 18.2. The zero-order chi connectivity index (χ0) is 21.7. The number of sulfone groups is 1. The Bertz CT molecular complexity index is 833. The average Bonchev–Trinajstić information content (AvgIpc) is 2.67. The summed E-state index contributed by atoms with van der Waals surface area (Å²) in [7, 11) is 1.85. The van der Waals surface area contributed by atoms with Gasteiger partial charge in [-0.3, -0.25) is 4.79 Å². The second kappa shape index (κ2) is 9.47. The van der Waals surface area contributed by atoms with Crippen molar-refractivity contribution in [2.45, 2.75) is 25.0 Å². The number of guanidine groups is 1. The fourth-order valence-corrected chi connectivity index (χ4v) is 4.35. The molecule has 1 aromatic rings. The molecule has 162 valence electrons. The van der Waals surface area contributed by atoms with E-state index in [9.17, 15) is 13.2 Å². The Labute approximate surface area is 173 Å². The maximum atomic E-state index is 12.3. The minimum atomic E-state index is -3.15. The third-order valence-corrected chi connectivity index (χ3v) is 7.59. The first-order valence-corrected chi connectivity index (χ1v) is 11.3. The quantitative estimate of drug-likeness (QED) is 0.536. The van der Waals surface area contributed by atoms with Crippen LogP contribution in [0.15, 0.2) is 29.3 Å². The van der Waals surface area contributed by atoms with Gasteiger partial charge in [-0.05, 0) is 38.0 Å². The molecule has 1 fully saturated rings. The summed E-state index contributed by atoms with van der Waals surface area (Å²) in [5.41, 5.74) is 1.14. The minimum Gasteiger partial charge on any atom is -0.497 e. The van der Waals surface area contributed by atoms with Crippen LogP contribution in [0.4, 0.5) is 0 Å². The highest BCUT2D eigenvalue weighted by atomic mass is 32.2. The smallest absolute Gasteiger partial charge is 0.243 e. The molecule has 1 heterocycles. The summed E-state index contributed by atoms with van der Waals surface area (Å²) in [6, 6.07) is 7.84. The van der Waals surface area contributed by atoms with Crippen molar-refractivity contribution in [2.24, 2.45) is 4.99 Å². The summed E-state index contributed by atoms with van der Waals surface area (Å²) in [5, 5.41) is 3.31. The molecule has 0 spiro atoms. The number of methoxy groups -OCH3 is 1. The molecule has 0 aromatic heterocycles. The lowest BCUT2D eigenvalue weighted by molar-refractivity contribution is -0.127. The molecule has 2 rings (SSSR count). The van der Waals surface area contributed by atoms with Crippen molar-refractivity contribution in [2.75, 3.05) is 53.1 Å². The Morgan fingerprint density at radius 1 is 1.28 bits per heavy atom. The summed E-state index contributed by atoms with van der Waals surface area (Å²) in [6.45, 7) is 4.78. The van der Waals surface area contributed by atoms with Gasteiger partial charge in [0.1, 0.15) is 12.3 Å². The van der Waals surface area contributed by atoms with Crippen LogP contribution in [-0.4, -0.2) is 88.0 Å². The molecule has 0 saturated carbocycles. The van der Waals surface area contributed by atoms with Crippen LogP contribution in [0.3, 0.4) is 0 Å². The summed E-state index contributed by atoms with van der Waals surface area (Å²) >= 11 is 0. The van der Waals surface area contributed by atoms with Crippen LogP contribution in [0.2, 0.25) is 0 Å². The highest BCUT2D eigenvalue weighted by Crippen LogP contribution is 2.23. The number of rotatable bonds is 6. The molecule has 9 heteroatoms. The molecule has 0 unspecified atom stereocenters. The van der Waals surface area contributed by atoms with E-state index in [1.165, 1.54) is 4.90 Å². The lowest BCUT2D eigenvalue weighted by atomic mass is 10.1. The van der Waals surface area contributed by atoms with E-state index >= 15 is 0 Å². The Kier molecular flexibility index (Phi) is 7.51. The van der Waals surface area contributed by atoms with E-state index in [1.54, 1.807) is 35.1 Å².